The lowest BCUT2D eigenvalue weighted by molar-refractivity contribution is 0.437. The van der Waals surface area contributed by atoms with Gasteiger partial charge in [0, 0.05) is 19.6 Å². The molecule has 1 aliphatic rings. The van der Waals surface area contributed by atoms with Gasteiger partial charge in [-0.2, -0.15) is 4.31 Å². The van der Waals surface area contributed by atoms with Crippen LogP contribution in [-0.2, 0) is 22.3 Å². The van der Waals surface area contributed by atoms with Crippen molar-refractivity contribution in [1.82, 2.24) is 4.31 Å². The Morgan fingerprint density at radius 2 is 1.78 bits per heavy atom. The van der Waals surface area contributed by atoms with Crippen molar-refractivity contribution in [2.45, 2.75) is 18.7 Å². The van der Waals surface area contributed by atoms with Gasteiger partial charge in [-0.15, -0.1) is 0 Å². The van der Waals surface area contributed by atoms with E-state index < -0.39 is 10.0 Å². The zero-order valence-electron chi connectivity index (χ0n) is 10.2. The monoisotopic (exact) mass is 266 g/mol. The van der Waals surface area contributed by atoms with E-state index in [1.54, 1.807) is 0 Å². The van der Waals surface area contributed by atoms with E-state index in [4.69, 9.17) is 5.73 Å². The number of nitrogens with two attached hydrogens (primary N) is 1. The van der Waals surface area contributed by atoms with Crippen molar-refractivity contribution in [3.63, 3.8) is 0 Å². The SMILES string of the molecule is NCc1ccc(CS(=O)(=O)N2CC=CCC2)cc1. The molecular formula is C13H18N2O2S. The highest BCUT2D eigenvalue weighted by atomic mass is 32.2. The fourth-order valence-electron chi connectivity index (χ4n) is 1.95. The second kappa shape index (κ2) is 5.65. The van der Waals surface area contributed by atoms with Crippen LogP contribution in [0.15, 0.2) is 36.4 Å². The van der Waals surface area contributed by atoms with Crippen LogP contribution in [0.4, 0.5) is 0 Å². The smallest absolute Gasteiger partial charge is 0.218 e. The molecule has 0 radical (unpaired) electrons. The summed E-state index contributed by atoms with van der Waals surface area (Å²) in [4.78, 5) is 0. The van der Waals surface area contributed by atoms with Crippen LogP contribution in [-0.4, -0.2) is 25.8 Å². The van der Waals surface area contributed by atoms with Crippen molar-refractivity contribution < 1.29 is 8.42 Å². The van der Waals surface area contributed by atoms with Gasteiger partial charge in [0.15, 0.2) is 0 Å². The maximum atomic E-state index is 12.2. The van der Waals surface area contributed by atoms with Crippen LogP contribution in [0.25, 0.3) is 0 Å². The molecule has 0 aromatic heterocycles. The molecule has 0 saturated heterocycles. The van der Waals surface area contributed by atoms with Crippen molar-refractivity contribution in [2.24, 2.45) is 5.73 Å². The maximum absolute atomic E-state index is 12.2. The minimum absolute atomic E-state index is 0.0612. The molecule has 2 N–H and O–H groups in total. The molecular weight excluding hydrogens is 248 g/mol. The first-order valence-electron chi connectivity index (χ1n) is 6.02. The highest BCUT2D eigenvalue weighted by molar-refractivity contribution is 7.88. The molecule has 0 bridgehead atoms. The third kappa shape index (κ3) is 3.19. The van der Waals surface area contributed by atoms with E-state index in [0.29, 0.717) is 19.6 Å². The van der Waals surface area contributed by atoms with Crippen molar-refractivity contribution >= 4 is 10.0 Å². The second-order valence-corrected chi connectivity index (χ2v) is 6.36. The minimum atomic E-state index is -3.21. The van der Waals surface area contributed by atoms with E-state index in [0.717, 1.165) is 17.5 Å². The largest absolute Gasteiger partial charge is 0.326 e. The van der Waals surface area contributed by atoms with Crippen LogP contribution in [0.3, 0.4) is 0 Å². The van der Waals surface area contributed by atoms with Crippen molar-refractivity contribution in [1.29, 1.82) is 0 Å². The zero-order valence-corrected chi connectivity index (χ0v) is 11.1. The highest BCUT2D eigenvalue weighted by Gasteiger charge is 2.22. The Balaban J connectivity index is 2.09. The number of benzene rings is 1. The quantitative estimate of drug-likeness (QED) is 0.834. The molecule has 0 spiro atoms. The summed E-state index contributed by atoms with van der Waals surface area (Å²) in [6.07, 6.45) is 4.71. The van der Waals surface area contributed by atoms with Gasteiger partial charge in [-0.1, -0.05) is 36.4 Å². The lowest BCUT2D eigenvalue weighted by Gasteiger charge is -2.22. The molecule has 0 fully saturated rings. The predicted octanol–water partition coefficient (Wildman–Crippen LogP) is 1.24. The summed E-state index contributed by atoms with van der Waals surface area (Å²) >= 11 is 0. The first-order valence-corrected chi connectivity index (χ1v) is 7.63. The van der Waals surface area contributed by atoms with Gasteiger partial charge in [-0.3, -0.25) is 0 Å². The summed E-state index contributed by atoms with van der Waals surface area (Å²) in [6.45, 7) is 1.55. The van der Waals surface area contributed by atoms with Gasteiger partial charge in [-0.05, 0) is 17.5 Å². The maximum Gasteiger partial charge on any atom is 0.218 e. The molecule has 5 heteroatoms. The molecule has 1 aliphatic heterocycles. The lowest BCUT2D eigenvalue weighted by atomic mass is 10.1. The van der Waals surface area contributed by atoms with E-state index >= 15 is 0 Å². The zero-order chi connectivity index (χ0) is 13.0. The van der Waals surface area contributed by atoms with E-state index in [-0.39, 0.29) is 5.75 Å². The molecule has 1 aromatic carbocycles. The first kappa shape index (κ1) is 13.3. The molecule has 0 atom stereocenters. The number of sulfonamides is 1. The molecule has 4 nitrogen and oxygen atoms in total. The summed E-state index contributed by atoms with van der Waals surface area (Å²) in [7, 11) is -3.21. The van der Waals surface area contributed by atoms with Crippen molar-refractivity contribution in [3.8, 4) is 0 Å². The van der Waals surface area contributed by atoms with Crippen LogP contribution < -0.4 is 5.73 Å². The average molecular weight is 266 g/mol. The Hall–Kier alpha value is -1.17. The van der Waals surface area contributed by atoms with Crippen LogP contribution in [0.2, 0.25) is 0 Å². The fourth-order valence-corrected chi connectivity index (χ4v) is 3.44. The molecule has 0 unspecified atom stereocenters. The Bertz CT molecular complexity index is 520. The van der Waals surface area contributed by atoms with Crippen LogP contribution in [0.1, 0.15) is 17.5 Å². The van der Waals surface area contributed by atoms with E-state index in [1.165, 1.54) is 4.31 Å². The van der Waals surface area contributed by atoms with Gasteiger partial charge >= 0.3 is 0 Å². The Morgan fingerprint density at radius 1 is 1.11 bits per heavy atom. The topological polar surface area (TPSA) is 63.4 Å². The molecule has 1 aromatic rings. The Kier molecular flexibility index (Phi) is 4.16. The van der Waals surface area contributed by atoms with E-state index in [1.807, 2.05) is 36.4 Å². The third-order valence-corrected chi connectivity index (χ3v) is 4.84. The number of hydrogen-bond acceptors (Lipinski definition) is 3. The number of nitrogens with zero attached hydrogens (tertiary/aromatic N) is 1. The van der Waals surface area contributed by atoms with Crippen LogP contribution in [0.5, 0.6) is 0 Å². The number of hydrogen-bond donors (Lipinski definition) is 1. The molecule has 18 heavy (non-hydrogen) atoms. The summed E-state index contributed by atoms with van der Waals surface area (Å²) < 4.78 is 25.9. The first-order chi connectivity index (χ1) is 8.62. The van der Waals surface area contributed by atoms with Gasteiger partial charge in [0.25, 0.3) is 0 Å². The summed E-state index contributed by atoms with van der Waals surface area (Å²) in [5, 5.41) is 0. The normalized spacial score (nSPS) is 16.9. The van der Waals surface area contributed by atoms with Crippen molar-refractivity contribution in [2.75, 3.05) is 13.1 Å². The standard InChI is InChI=1S/C13H18N2O2S/c14-10-12-4-6-13(7-5-12)11-18(16,17)15-8-2-1-3-9-15/h1-2,4-7H,3,8-11,14H2. The third-order valence-electron chi connectivity index (χ3n) is 3.02. The molecule has 0 aliphatic carbocycles. The molecule has 0 saturated carbocycles. The van der Waals surface area contributed by atoms with E-state index in [2.05, 4.69) is 0 Å². The van der Waals surface area contributed by atoms with Crippen molar-refractivity contribution in [3.05, 3.63) is 47.5 Å². The summed E-state index contributed by atoms with van der Waals surface area (Å²) in [5.41, 5.74) is 7.33. The van der Waals surface area contributed by atoms with Gasteiger partial charge in [0.2, 0.25) is 10.0 Å². The molecule has 98 valence electrons. The van der Waals surface area contributed by atoms with Crippen LogP contribution in [0, 0.1) is 0 Å². The number of rotatable bonds is 4. The van der Waals surface area contributed by atoms with Gasteiger partial charge in [-0.25, -0.2) is 8.42 Å². The summed E-state index contributed by atoms with van der Waals surface area (Å²) in [5.74, 6) is 0.0612. The van der Waals surface area contributed by atoms with E-state index in [9.17, 15) is 8.42 Å². The minimum Gasteiger partial charge on any atom is -0.326 e. The predicted molar refractivity (Wildman–Crippen MR) is 72.3 cm³/mol. The van der Waals surface area contributed by atoms with Crippen LogP contribution >= 0.6 is 0 Å². The molecule has 2 rings (SSSR count). The van der Waals surface area contributed by atoms with Gasteiger partial charge in [0.1, 0.15) is 0 Å². The average Bonchev–Trinajstić information content (AvgIpc) is 2.40. The van der Waals surface area contributed by atoms with Gasteiger partial charge in [0.05, 0.1) is 5.75 Å². The second-order valence-electron chi connectivity index (χ2n) is 4.39. The Morgan fingerprint density at radius 3 is 2.33 bits per heavy atom. The van der Waals surface area contributed by atoms with Gasteiger partial charge < -0.3 is 5.73 Å². The highest BCUT2D eigenvalue weighted by Crippen LogP contribution is 2.14. The lowest BCUT2D eigenvalue weighted by Crippen LogP contribution is -2.34. The Labute approximate surface area is 108 Å². The molecule has 1 heterocycles. The fraction of sp³-hybridized carbons (Fsp3) is 0.385. The molecule has 0 amide bonds. The summed E-state index contributed by atoms with van der Waals surface area (Å²) in [6, 6.07) is 7.42.